The summed E-state index contributed by atoms with van der Waals surface area (Å²) < 4.78 is 0. The third-order valence-corrected chi connectivity index (χ3v) is 9.59. The van der Waals surface area contributed by atoms with Crippen LogP contribution in [0.25, 0.3) is 89.2 Å². The van der Waals surface area contributed by atoms with Crippen LogP contribution in [0, 0.1) is 0 Å². The normalized spacial score (nSPS) is 11.1. The Bertz CT molecular complexity index is 2680. The summed E-state index contributed by atoms with van der Waals surface area (Å²) in [4.78, 5) is 14.6. The van der Waals surface area contributed by atoms with Crippen molar-refractivity contribution in [2.45, 2.75) is 0 Å². The van der Waals surface area contributed by atoms with Crippen LogP contribution in [0.4, 0.5) is 0 Å². The fourth-order valence-corrected chi connectivity index (χ4v) is 6.99. The molecule has 0 aliphatic carbocycles. The fraction of sp³-hybridized carbons (Fsp3) is 0. The van der Waals surface area contributed by atoms with Gasteiger partial charge in [0.1, 0.15) is 0 Å². The van der Waals surface area contributed by atoms with Gasteiger partial charge in [0, 0.05) is 28.9 Å². The molecule has 3 nitrogen and oxygen atoms in total. The standard InChI is InChI=1S/C49H33N3/c1-2-12-34(13-3-1)36-14-8-15-37(30-36)38-16-9-17-39(31-38)40-18-10-19-41(32-40)42-20-11-21-43(33-42)49-51-47-25-7-6-24-46(47)48(52-49)45-23-5-4-22-44(45)35-26-28-50-29-27-35/h1-33H. The Kier molecular flexibility index (Phi) is 8.20. The van der Waals surface area contributed by atoms with Gasteiger partial charge < -0.3 is 0 Å². The molecular formula is C49H33N3. The van der Waals surface area contributed by atoms with Gasteiger partial charge in [-0.15, -0.1) is 0 Å². The minimum atomic E-state index is 0.696. The molecule has 0 bridgehead atoms. The molecule has 3 heteroatoms. The summed E-state index contributed by atoms with van der Waals surface area (Å²) in [6.45, 7) is 0. The average Bonchev–Trinajstić information content (AvgIpc) is 3.24. The van der Waals surface area contributed by atoms with E-state index in [1.54, 1.807) is 0 Å². The van der Waals surface area contributed by atoms with Gasteiger partial charge in [0.15, 0.2) is 5.82 Å². The van der Waals surface area contributed by atoms with Gasteiger partial charge in [-0.3, -0.25) is 4.98 Å². The molecule has 0 atom stereocenters. The first kappa shape index (κ1) is 31.0. The van der Waals surface area contributed by atoms with E-state index in [0.29, 0.717) is 5.82 Å². The van der Waals surface area contributed by atoms with Gasteiger partial charge in [-0.1, -0.05) is 146 Å². The number of fused-ring (bicyclic) bond motifs is 1. The number of aromatic nitrogens is 3. The Morgan fingerprint density at radius 2 is 0.731 bits per heavy atom. The third-order valence-electron chi connectivity index (χ3n) is 9.59. The lowest BCUT2D eigenvalue weighted by Crippen LogP contribution is -1.97. The molecule has 2 aromatic heterocycles. The Labute approximate surface area is 303 Å². The van der Waals surface area contributed by atoms with Gasteiger partial charge in [-0.25, -0.2) is 9.97 Å². The molecule has 2 heterocycles. The first-order valence-electron chi connectivity index (χ1n) is 17.5. The largest absolute Gasteiger partial charge is 0.265 e. The van der Waals surface area contributed by atoms with Crippen molar-refractivity contribution in [1.82, 2.24) is 15.0 Å². The van der Waals surface area contributed by atoms with Crippen molar-refractivity contribution in [3.8, 4) is 78.3 Å². The van der Waals surface area contributed by atoms with E-state index in [1.165, 1.54) is 33.4 Å². The van der Waals surface area contributed by atoms with Crippen molar-refractivity contribution in [3.05, 3.63) is 200 Å². The van der Waals surface area contributed by atoms with Crippen LogP contribution in [-0.2, 0) is 0 Å². The second kappa shape index (κ2) is 13.7. The lowest BCUT2D eigenvalue weighted by atomic mass is 9.94. The lowest BCUT2D eigenvalue weighted by molar-refractivity contribution is 1.23. The SMILES string of the molecule is c1ccc(-c2cccc(-c3cccc(-c4cccc(-c5cccc(-c6nc(-c7ccccc7-c7ccncc7)c7ccccc7n6)c5)c4)c3)c2)cc1. The summed E-state index contributed by atoms with van der Waals surface area (Å²) in [7, 11) is 0. The molecule has 7 aromatic carbocycles. The Morgan fingerprint density at radius 3 is 1.33 bits per heavy atom. The van der Waals surface area contributed by atoms with E-state index < -0.39 is 0 Å². The molecule has 0 N–H and O–H groups in total. The average molecular weight is 664 g/mol. The second-order valence-corrected chi connectivity index (χ2v) is 12.9. The summed E-state index contributed by atoms with van der Waals surface area (Å²) in [6.07, 6.45) is 3.66. The number of benzene rings is 7. The molecule has 9 aromatic rings. The van der Waals surface area contributed by atoms with Crippen molar-refractivity contribution in [3.63, 3.8) is 0 Å². The molecule has 0 radical (unpaired) electrons. The molecule has 0 unspecified atom stereocenters. The highest BCUT2D eigenvalue weighted by Crippen LogP contribution is 2.37. The molecule has 0 saturated carbocycles. The highest BCUT2D eigenvalue weighted by molar-refractivity contribution is 5.98. The lowest BCUT2D eigenvalue weighted by Gasteiger charge is -2.14. The second-order valence-electron chi connectivity index (χ2n) is 12.9. The van der Waals surface area contributed by atoms with E-state index in [1.807, 2.05) is 30.6 Å². The Hall–Kier alpha value is -6.97. The molecule has 244 valence electrons. The minimum Gasteiger partial charge on any atom is -0.265 e. The van der Waals surface area contributed by atoms with E-state index in [-0.39, 0.29) is 0 Å². The number of para-hydroxylation sites is 1. The van der Waals surface area contributed by atoms with Crippen LogP contribution < -0.4 is 0 Å². The number of hydrogen-bond acceptors (Lipinski definition) is 3. The summed E-state index contributed by atoms with van der Waals surface area (Å²) in [5, 5.41) is 1.02. The summed E-state index contributed by atoms with van der Waals surface area (Å²) in [5.41, 5.74) is 15.5. The summed E-state index contributed by atoms with van der Waals surface area (Å²) >= 11 is 0. The molecule has 0 fully saturated rings. The van der Waals surface area contributed by atoms with E-state index in [0.717, 1.165) is 50.0 Å². The van der Waals surface area contributed by atoms with Crippen molar-refractivity contribution >= 4 is 10.9 Å². The maximum absolute atomic E-state index is 5.26. The van der Waals surface area contributed by atoms with E-state index in [9.17, 15) is 0 Å². The maximum atomic E-state index is 5.26. The molecule has 0 spiro atoms. The molecule has 0 amide bonds. The van der Waals surface area contributed by atoms with E-state index in [2.05, 4.69) is 175 Å². The third kappa shape index (κ3) is 6.17. The highest BCUT2D eigenvalue weighted by atomic mass is 14.9. The van der Waals surface area contributed by atoms with Gasteiger partial charge >= 0.3 is 0 Å². The maximum Gasteiger partial charge on any atom is 0.160 e. The molecule has 52 heavy (non-hydrogen) atoms. The minimum absolute atomic E-state index is 0.696. The number of pyridine rings is 1. The van der Waals surface area contributed by atoms with E-state index in [4.69, 9.17) is 9.97 Å². The molecule has 9 rings (SSSR count). The van der Waals surface area contributed by atoms with Crippen LogP contribution in [0.2, 0.25) is 0 Å². The first-order chi connectivity index (χ1) is 25.8. The van der Waals surface area contributed by atoms with Crippen molar-refractivity contribution < 1.29 is 0 Å². The smallest absolute Gasteiger partial charge is 0.160 e. The highest BCUT2D eigenvalue weighted by Gasteiger charge is 2.16. The molecule has 0 aliphatic heterocycles. The predicted molar refractivity (Wildman–Crippen MR) is 215 cm³/mol. The van der Waals surface area contributed by atoms with Crippen LogP contribution in [0.1, 0.15) is 0 Å². The monoisotopic (exact) mass is 663 g/mol. The van der Waals surface area contributed by atoms with Crippen LogP contribution in [0.15, 0.2) is 200 Å². The van der Waals surface area contributed by atoms with Crippen LogP contribution in [0.3, 0.4) is 0 Å². The molecule has 0 saturated heterocycles. The fourth-order valence-electron chi connectivity index (χ4n) is 6.99. The van der Waals surface area contributed by atoms with Gasteiger partial charge in [-0.2, -0.15) is 0 Å². The number of rotatable bonds is 7. The van der Waals surface area contributed by atoms with Crippen LogP contribution >= 0.6 is 0 Å². The zero-order chi connectivity index (χ0) is 34.7. The van der Waals surface area contributed by atoms with Gasteiger partial charge in [-0.05, 0) is 98.1 Å². The predicted octanol–water partition coefficient (Wildman–Crippen LogP) is 12.7. The quantitative estimate of drug-likeness (QED) is 0.170. The number of hydrogen-bond donors (Lipinski definition) is 0. The topological polar surface area (TPSA) is 38.7 Å². The Balaban J connectivity index is 1.08. The van der Waals surface area contributed by atoms with Gasteiger partial charge in [0.2, 0.25) is 0 Å². The van der Waals surface area contributed by atoms with Crippen LogP contribution in [-0.4, -0.2) is 15.0 Å². The van der Waals surface area contributed by atoms with Crippen molar-refractivity contribution in [1.29, 1.82) is 0 Å². The summed E-state index contributed by atoms with van der Waals surface area (Å²) in [6, 6.07) is 66.2. The molecule has 0 aliphatic rings. The zero-order valence-corrected chi connectivity index (χ0v) is 28.4. The molecular weight excluding hydrogens is 631 g/mol. The number of nitrogens with zero attached hydrogens (tertiary/aromatic N) is 3. The summed E-state index contributed by atoms with van der Waals surface area (Å²) in [5.74, 6) is 0.696. The first-order valence-corrected chi connectivity index (χ1v) is 17.5. The van der Waals surface area contributed by atoms with Crippen molar-refractivity contribution in [2.24, 2.45) is 0 Å². The van der Waals surface area contributed by atoms with Gasteiger partial charge in [0.05, 0.1) is 11.2 Å². The van der Waals surface area contributed by atoms with Crippen LogP contribution in [0.5, 0.6) is 0 Å². The van der Waals surface area contributed by atoms with E-state index >= 15 is 0 Å². The zero-order valence-electron chi connectivity index (χ0n) is 28.4. The van der Waals surface area contributed by atoms with Gasteiger partial charge in [0.25, 0.3) is 0 Å². The Morgan fingerprint density at radius 1 is 0.288 bits per heavy atom. The van der Waals surface area contributed by atoms with Crippen molar-refractivity contribution in [2.75, 3.05) is 0 Å².